The van der Waals surface area contributed by atoms with Crippen LogP contribution < -0.4 is 15.2 Å². The van der Waals surface area contributed by atoms with E-state index >= 15 is 0 Å². The van der Waals surface area contributed by atoms with Crippen LogP contribution in [0.15, 0.2) is 18.2 Å². The second-order valence-electron chi connectivity index (χ2n) is 3.42. The Morgan fingerprint density at radius 2 is 2.18 bits per heavy atom. The van der Waals surface area contributed by atoms with Gasteiger partial charge in [-0.05, 0) is 24.6 Å². The highest BCUT2D eigenvalue weighted by Gasteiger charge is 2.10. The third-order valence-corrected chi connectivity index (χ3v) is 2.86. The molecule has 0 saturated carbocycles. The molecular weight excluding hydrogens is 242 g/mol. The van der Waals surface area contributed by atoms with Crippen LogP contribution in [0.3, 0.4) is 0 Å². The number of benzene rings is 1. The summed E-state index contributed by atoms with van der Waals surface area (Å²) < 4.78 is 31.7. The smallest absolute Gasteiger partial charge is 0.161 e. The standard InChI is InChI=1S/C11H17NO4S/c1-3-16-11-6-8(4-5-10(11)15-2)9(12)7-17(13)14/h4-6,9H,3,7,12H2,1-2H3,(H,13,14)/p-1/t9-/m1/s1. The fraction of sp³-hybridized carbons (Fsp3) is 0.455. The molecule has 0 bridgehead atoms. The summed E-state index contributed by atoms with van der Waals surface area (Å²) in [6.45, 7) is 2.36. The predicted octanol–water partition coefficient (Wildman–Crippen LogP) is 0.973. The molecule has 1 rings (SSSR count). The van der Waals surface area contributed by atoms with Crippen LogP contribution in [0.5, 0.6) is 11.5 Å². The van der Waals surface area contributed by atoms with E-state index in [9.17, 15) is 8.76 Å². The average molecular weight is 258 g/mol. The van der Waals surface area contributed by atoms with E-state index in [1.54, 1.807) is 25.3 Å². The van der Waals surface area contributed by atoms with Crippen molar-refractivity contribution >= 4 is 11.1 Å². The minimum Gasteiger partial charge on any atom is -0.772 e. The Kier molecular flexibility index (Phi) is 5.40. The maximum atomic E-state index is 10.6. The summed E-state index contributed by atoms with van der Waals surface area (Å²) in [6, 6.07) is 4.60. The normalized spacial score (nSPS) is 14.1. The predicted molar refractivity (Wildman–Crippen MR) is 64.9 cm³/mol. The van der Waals surface area contributed by atoms with E-state index in [2.05, 4.69) is 0 Å². The second kappa shape index (κ2) is 6.58. The van der Waals surface area contributed by atoms with Crippen molar-refractivity contribution in [3.63, 3.8) is 0 Å². The molecule has 0 spiro atoms. The van der Waals surface area contributed by atoms with Crippen molar-refractivity contribution in [1.82, 2.24) is 0 Å². The molecule has 0 amide bonds. The molecule has 5 nitrogen and oxygen atoms in total. The van der Waals surface area contributed by atoms with Crippen LogP contribution >= 0.6 is 0 Å². The molecule has 0 saturated heterocycles. The third-order valence-electron chi connectivity index (χ3n) is 2.23. The lowest BCUT2D eigenvalue weighted by Crippen LogP contribution is -2.18. The van der Waals surface area contributed by atoms with Gasteiger partial charge in [0.2, 0.25) is 0 Å². The van der Waals surface area contributed by atoms with Gasteiger partial charge in [-0.3, -0.25) is 4.21 Å². The summed E-state index contributed by atoms with van der Waals surface area (Å²) in [5, 5.41) is 0. The van der Waals surface area contributed by atoms with Crippen LogP contribution in [0, 0.1) is 0 Å². The van der Waals surface area contributed by atoms with E-state index < -0.39 is 17.1 Å². The van der Waals surface area contributed by atoms with Crippen LogP contribution in [-0.4, -0.2) is 28.2 Å². The van der Waals surface area contributed by atoms with Crippen LogP contribution in [0.2, 0.25) is 0 Å². The fourth-order valence-corrected chi connectivity index (χ4v) is 1.92. The maximum absolute atomic E-state index is 10.6. The van der Waals surface area contributed by atoms with E-state index in [4.69, 9.17) is 15.2 Å². The number of methoxy groups -OCH3 is 1. The van der Waals surface area contributed by atoms with Crippen molar-refractivity contribution in [2.24, 2.45) is 5.73 Å². The van der Waals surface area contributed by atoms with Gasteiger partial charge in [-0.1, -0.05) is 17.1 Å². The first-order valence-corrected chi connectivity index (χ1v) is 6.45. The van der Waals surface area contributed by atoms with Gasteiger partial charge in [-0.2, -0.15) is 0 Å². The largest absolute Gasteiger partial charge is 0.772 e. The van der Waals surface area contributed by atoms with E-state index in [-0.39, 0.29) is 5.75 Å². The maximum Gasteiger partial charge on any atom is 0.161 e. The van der Waals surface area contributed by atoms with Gasteiger partial charge in [0.1, 0.15) is 0 Å². The Morgan fingerprint density at radius 3 is 2.71 bits per heavy atom. The summed E-state index contributed by atoms with van der Waals surface area (Å²) in [5.74, 6) is 1.06. The number of hydrogen-bond donors (Lipinski definition) is 1. The van der Waals surface area contributed by atoms with Gasteiger partial charge in [-0.15, -0.1) is 0 Å². The quantitative estimate of drug-likeness (QED) is 0.769. The fourth-order valence-electron chi connectivity index (χ4n) is 1.44. The topological polar surface area (TPSA) is 84.6 Å². The molecule has 0 aliphatic carbocycles. The van der Waals surface area contributed by atoms with E-state index in [0.717, 1.165) is 0 Å². The van der Waals surface area contributed by atoms with Crippen LogP contribution in [0.25, 0.3) is 0 Å². The van der Waals surface area contributed by atoms with Gasteiger partial charge in [0.25, 0.3) is 0 Å². The minimum atomic E-state index is -2.16. The molecule has 0 radical (unpaired) electrons. The Hall–Kier alpha value is -1.11. The first-order chi connectivity index (χ1) is 8.08. The lowest BCUT2D eigenvalue weighted by Gasteiger charge is -2.16. The number of hydrogen-bond acceptors (Lipinski definition) is 5. The molecule has 1 aromatic carbocycles. The molecule has 0 aliphatic rings. The van der Waals surface area contributed by atoms with E-state index in [1.165, 1.54) is 0 Å². The van der Waals surface area contributed by atoms with Crippen molar-refractivity contribution < 1.29 is 18.2 Å². The van der Waals surface area contributed by atoms with Crippen LogP contribution in [0.1, 0.15) is 18.5 Å². The van der Waals surface area contributed by atoms with Gasteiger partial charge in [0, 0.05) is 11.8 Å². The van der Waals surface area contributed by atoms with Crippen molar-refractivity contribution in [2.75, 3.05) is 19.5 Å². The molecule has 1 unspecified atom stereocenters. The van der Waals surface area contributed by atoms with Crippen LogP contribution in [0.4, 0.5) is 0 Å². The molecule has 0 fully saturated rings. The highest BCUT2D eigenvalue weighted by Crippen LogP contribution is 2.29. The molecule has 96 valence electrons. The summed E-state index contributed by atoms with van der Waals surface area (Å²) in [4.78, 5) is 0. The number of rotatable bonds is 6. The molecule has 0 aromatic heterocycles. The van der Waals surface area contributed by atoms with Crippen molar-refractivity contribution in [2.45, 2.75) is 13.0 Å². The second-order valence-corrected chi connectivity index (χ2v) is 4.36. The zero-order valence-electron chi connectivity index (χ0n) is 9.84. The molecule has 2 N–H and O–H groups in total. The first kappa shape index (κ1) is 14.0. The summed E-state index contributed by atoms with van der Waals surface area (Å²) in [5.41, 5.74) is 6.47. The van der Waals surface area contributed by atoms with Gasteiger partial charge in [0.15, 0.2) is 11.5 Å². The Morgan fingerprint density at radius 1 is 1.47 bits per heavy atom. The SMILES string of the molecule is CCOc1cc([C@H](N)CS(=O)[O-])ccc1OC. The van der Waals surface area contributed by atoms with E-state index in [0.29, 0.717) is 23.7 Å². The van der Waals surface area contributed by atoms with Gasteiger partial charge < -0.3 is 19.8 Å². The zero-order valence-corrected chi connectivity index (χ0v) is 10.7. The molecule has 1 aromatic rings. The summed E-state index contributed by atoms with van der Waals surface area (Å²) >= 11 is -2.16. The molecule has 0 heterocycles. The summed E-state index contributed by atoms with van der Waals surface area (Å²) in [7, 11) is 1.55. The van der Waals surface area contributed by atoms with Crippen molar-refractivity contribution in [3.05, 3.63) is 23.8 Å². The highest BCUT2D eigenvalue weighted by atomic mass is 32.2. The third kappa shape index (κ3) is 3.99. The Balaban J connectivity index is 2.94. The van der Waals surface area contributed by atoms with Crippen LogP contribution in [-0.2, 0) is 11.1 Å². The first-order valence-electron chi connectivity index (χ1n) is 5.20. The summed E-state index contributed by atoms with van der Waals surface area (Å²) in [6.07, 6.45) is 0. The minimum absolute atomic E-state index is 0.113. The Labute approximate surface area is 103 Å². The lowest BCUT2D eigenvalue weighted by molar-refractivity contribution is 0.310. The average Bonchev–Trinajstić information content (AvgIpc) is 2.28. The zero-order chi connectivity index (χ0) is 12.8. The monoisotopic (exact) mass is 258 g/mol. The molecule has 17 heavy (non-hydrogen) atoms. The van der Waals surface area contributed by atoms with Gasteiger partial charge in [-0.25, -0.2) is 0 Å². The lowest BCUT2D eigenvalue weighted by atomic mass is 10.1. The molecule has 6 heteroatoms. The Bertz CT molecular complexity index is 397. The van der Waals surface area contributed by atoms with E-state index in [1.807, 2.05) is 6.92 Å². The highest BCUT2D eigenvalue weighted by molar-refractivity contribution is 7.79. The number of nitrogens with two attached hydrogens (primary N) is 1. The van der Waals surface area contributed by atoms with Gasteiger partial charge in [0.05, 0.1) is 13.7 Å². The van der Waals surface area contributed by atoms with Crippen molar-refractivity contribution in [1.29, 1.82) is 0 Å². The van der Waals surface area contributed by atoms with Crippen molar-refractivity contribution in [3.8, 4) is 11.5 Å². The molecular formula is C11H16NO4S-. The number of ether oxygens (including phenoxy) is 2. The molecule has 2 atom stereocenters. The van der Waals surface area contributed by atoms with Gasteiger partial charge >= 0.3 is 0 Å². The molecule has 0 aliphatic heterocycles.